The number of nitrogens with zero attached hydrogens (tertiary/aromatic N) is 4. The summed E-state index contributed by atoms with van der Waals surface area (Å²) in [5.74, 6) is -0.279. The Morgan fingerprint density at radius 1 is 1.05 bits per heavy atom. The number of aliphatic carboxylic acids is 1. The van der Waals surface area contributed by atoms with Crippen LogP contribution in [0.2, 0.25) is 5.02 Å². The molecule has 0 aliphatic carbocycles. The number of benzene rings is 3. The van der Waals surface area contributed by atoms with Crippen molar-refractivity contribution in [1.29, 1.82) is 0 Å². The van der Waals surface area contributed by atoms with Gasteiger partial charge in [-0.2, -0.15) is 5.10 Å². The number of pyridine rings is 1. The molecule has 0 radical (unpaired) electrons. The molecule has 3 aromatic heterocycles. The van der Waals surface area contributed by atoms with E-state index in [2.05, 4.69) is 16.1 Å². The number of carboxylic acids is 1. The molecule has 0 unspecified atom stereocenters. The third kappa shape index (κ3) is 6.75. The van der Waals surface area contributed by atoms with Gasteiger partial charge in [0.15, 0.2) is 0 Å². The van der Waals surface area contributed by atoms with Crippen molar-refractivity contribution in [2.45, 2.75) is 39.7 Å². The molecule has 0 bridgehead atoms. The number of ether oxygens (including phenoxy) is 1. The molecule has 6 aromatic rings. The SMILES string of the molecule is CC(C)(C)O.COc1cnc(-c2ccc3c(cnn3C)c2)cc1-c1nc2cc(C)c(CC(=O)O)c(-c3ccc(Cl)cc3)c2s1. The van der Waals surface area contributed by atoms with Crippen LogP contribution in [0.1, 0.15) is 31.9 Å². The molecule has 0 atom stereocenters. The topological polar surface area (TPSA) is 110 Å². The lowest BCUT2D eigenvalue weighted by Gasteiger charge is -2.13. The Hall–Kier alpha value is -4.31. The first-order valence-corrected chi connectivity index (χ1v) is 15.1. The van der Waals surface area contributed by atoms with Crippen molar-refractivity contribution >= 4 is 50.0 Å². The summed E-state index contributed by atoms with van der Waals surface area (Å²) in [7, 11) is 3.53. The number of fused-ring (bicyclic) bond motifs is 2. The number of hydrogen-bond acceptors (Lipinski definition) is 7. The Bertz CT molecular complexity index is 1990. The van der Waals surface area contributed by atoms with Crippen LogP contribution in [0.25, 0.3) is 54.1 Å². The molecule has 44 heavy (non-hydrogen) atoms. The van der Waals surface area contributed by atoms with Crippen molar-refractivity contribution in [3.63, 3.8) is 0 Å². The maximum atomic E-state index is 11.8. The molecule has 2 N–H and O–H groups in total. The third-order valence-electron chi connectivity index (χ3n) is 6.83. The lowest BCUT2D eigenvalue weighted by Crippen LogP contribution is -2.10. The third-order valence-corrected chi connectivity index (χ3v) is 8.21. The summed E-state index contributed by atoms with van der Waals surface area (Å²) in [5.41, 5.74) is 7.30. The normalized spacial score (nSPS) is 11.5. The Kier molecular flexibility index (Phi) is 8.74. The van der Waals surface area contributed by atoms with Gasteiger partial charge < -0.3 is 14.9 Å². The van der Waals surface area contributed by atoms with Gasteiger partial charge in [0.2, 0.25) is 0 Å². The molecule has 8 nitrogen and oxygen atoms in total. The highest BCUT2D eigenvalue weighted by atomic mass is 35.5. The molecular formula is C34H33ClN4O4S. The quantitative estimate of drug-likeness (QED) is 0.192. The molecular weight excluding hydrogens is 596 g/mol. The molecule has 0 amide bonds. The number of halogens is 1. The van der Waals surface area contributed by atoms with E-state index < -0.39 is 11.6 Å². The summed E-state index contributed by atoms with van der Waals surface area (Å²) >= 11 is 7.67. The summed E-state index contributed by atoms with van der Waals surface area (Å²) in [5, 5.41) is 24.9. The minimum Gasteiger partial charge on any atom is -0.494 e. The van der Waals surface area contributed by atoms with Gasteiger partial charge in [-0.1, -0.05) is 29.8 Å². The number of aryl methyl sites for hydroxylation is 2. The van der Waals surface area contributed by atoms with Crippen molar-refractivity contribution in [2.24, 2.45) is 7.05 Å². The van der Waals surface area contributed by atoms with Crippen LogP contribution >= 0.6 is 22.9 Å². The van der Waals surface area contributed by atoms with E-state index in [0.717, 1.165) is 65.2 Å². The standard InChI is InChI=1S/C30H23ClN4O3S.C4H10O/c1-16-10-24-29(28(21(16)13-27(36)37)17-4-7-20(31)8-5-17)39-30(34-24)22-12-23(32-15-26(22)38-3)18-6-9-25-19(11-18)14-33-35(25)2;1-4(2,3)5/h4-12,14-15H,13H2,1-3H3,(H,36,37);5H,1-3H3. The number of carboxylic acid groups (broad SMARTS) is 1. The molecule has 6 rings (SSSR count). The van der Waals surface area contributed by atoms with Crippen molar-refractivity contribution < 1.29 is 19.7 Å². The number of rotatable bonds is 6. The maximum absolute atomic E-state index is 11.8. The van der Waals surface area contributed by atoms with Crippen LogP contribution in [0, 0.1) is 6.92 Å². The van der Waals surface area contributed by atoms with Crippen LogP contribution < -0.4 is 4.74 Å². The summed E-state index contributed by atoms with van der Waals surface area (Å²) in [6, 6.07) is 17.5. The summed E-state index contributed by atoms with van der Waals surface area (Å²) < 4.78 is 8.43. The number of aromatic nitrogens is 4. The predicted octanol–water partition coefficient (Wildman–Crippen LogP) is 7.95. The molecule has 0 saturated carbocycles. The van der Waals surface area contributed by atoms with Crippen LogP contribution in [0.4, 0.5) is 0 Å². The molecule has 3 heterocycles. The molecule has 0 spiro atoms. The number of carbonyl (C=O) groups is 1. The maximum Gasteiger partial charge on any atom is 0.307 e. The number of methoxy groups -OCH3 is 1. The lowest BCUT2D eigenvalue weighted by atomic mass is 9.93. The van der Waals surface area contributed by atoms with E-state index in [0.29, 0.717) is 10.8 Å². The molecule has 0 saturated heterocycles. The molecule has 3 aromatic carbocycles. The van der Waals surface area contributed by atoms with E-state index in [1.807, 2.05) is 73.4 Å². The van der Waals surface area contributed by atoms with Gasteiger partial charge >= 0.3 is 5.97 Å². The summed E-state index contributed by atoms with van der Waals surface area (Å²) in [6.07, 6.45) is 3.46. The second-order valence-electron chi connectivity index (χ2n) is 11.5. The zero-order valence-electron chi connectivity index (χ0n) is 25.3. The first-order chi connectivity index (χ1) is 20.8. The van der Waals surface area contributed by atoms with Crippen LogP contribution in [-0.4, -0.2) is 48.6 Å². The molecule has 10 heteroatoms. The smallest absolute Gasteiger partial charge is 0.307 e. The minimum absolute atomic E-state index is 0.0908. The summed E-state index contributed by atoms with van der Waals surface area (Å²) in [6.45, 7) is 7.16. The van der Waals surface area contributed by atoms with Crippen LogP contribution in [0.15, 0.2) is 67.0 Å². The minimum atomic E-state index is -0.886. The van der Waals surface area contributed by atoms with E-state index in [9.17, 15) is 9.90 Å². The van der Waals surface area contributed by atoms with Gasteiger partial charge in [-0.15, -0.1) is 11.3 Å². The van der Waals surface area contributed by atoms with Gasteiger partial charge in [0, 0.05) is 28.6 Å². The van der Waals surface area contributed by atoms with Crippen molar-refractivity contribution in [3.05, 3.63) is 83.1 Å². The monoisotopic (exact) mass is 628 g/mol. The zero-order chi connectivity index (χ0) is 31.8. The van der Waals surface area contributed by atoms with E-state index >= 15 is 0 Å². The largest absolute Gasteiger partial charge is 0.494 e. The Morgan fingerprint density at radius 2 is 1.73 bits per heavy atom. The van der Waals surface area contributed by atoms with E-state index in [1.165, 1.54) is 11.3 Å². The van der Waals surface area contributed by atoms with E-state index in [-0.39, 0.29) is 6.42 Å². The van der Waals surface area contributed by atoms with E-state index in [4.69, 9.17) is 26.4 Å². The average Bonchev–Trinajstić information content (AvgIpc) is 3.55. The second kappa shape index (κ2) is 12.4. The van der Waals surface area contributed by atoms with E-state index in [1.54, 1.807) is 34.1 Å². The highest BCUT2D eigenvalue weighted by Gasteiger charge is 2.21. The molecule has 0 aliphatic heterocycles. The predicted molar refractivity (Wildman–Crippen MR) is 178 cm³/mol. The van der Waals surface area contributed by atoms with Crippen molar-refractivity contribution in [3.8, 4) is 38.7 Å². The van der Waals surface area contributed by atoms with Crippen LogP contribution in [0.5, 0.6) is 5.75 Å². The van der Waals surface area contributed by atoms with Gasteiger partial charge in [-0.05, 0) is 80.8 Å². The first kappa shape index (κ1) is 31.1. The van der Waals surface area contributed by atoms with Gasteiger partial charge in [0.1, 0.15) is 10.8 Å². The number of thiazole rings is 1. The van der Waals surface area contributed by atoms with Gasteiger partial charge in [-0.25, -0.2) is 4.98 Å². The van der Waals surface area contributed by atoms with Crippen molar-refractivity contribution in [2.75, 3.05) is 7.11 Å². The summed E-state index contributed by atoms with van der Waals surface area (Å²) in [4.78, 5) is 21.4. The van der Waals surface area contributed by atoms with Crippen LogP contribution in [0.3, 0.4) is 0 Å². The second-order valence-corrected chi connectivity index (χ2v) is 12.9. The fourth-order valence-corrected chi connectivity index (χ4v) is 6.19. The fourth-order valence-electron chi connectivity index (χ4n) is 4.90. The molecule has 0 fully saturated rings. The van der Waals surface area contributed by atoms with Crippen LogP contribution in [-0.2, 0) is 18.3 Å². The number of hydrogen-bond donors (Lipinski definition) is 2. The average molecular weight is 629 g/mol. The Balaban J connectivity index is 0.000000712. The van der Waals surface area contributed by atoms with Gasteiger partial charge in [0.25, 0.3) is 0 Å². The van der Waals surface area contributed by atoms with Crippen molar-refractivity contribution in [1.82, 2.24) is 19.7 Å². The Morgan fingerprint density at radius 3 is 2.39 bits per heavy atom. The fraction of sp³-hybridized carbons (Fsp3) is 0.235. The van der Waals surface area contributed by atoms with Gasteiger partial charge in [0.05, 0.1) is 58.5 Å². The Labute approximate surface area is 264 Å². The molecule has 0 aliphatic rings. The zero-order valence-corrected chi connectivity index (χ0v) is 26.9. The number of aliphatic hydroxyl groups is 1. The molecule has 226 valence electrons. The van der Waals surface area contributed by atoms with Gasteiger partial charge in [-0.3, -0.25) is 14.5 Å². The highest BCUT2D eigenvalue weighted by molar-refractivity contribution is 7.22. The first-order valence-electron chi connectivity index (χ1n) is 13.9. The highest BCUT2D eigenvalue weighted by Crippen LogP contribution is 2.43. The lowest BCUT2D eigenvalue weighted by molar-refractivity contribution is -0.136.